The van der Waals surface area contributed by atoms with Crippen molar-refractivity contribution in [3.05, 3.63) is 29.6 Å². The number of fused-ring (bicyclic) bond motifs is 2. The summed E-state index contributed by atoms with van der Waals surface area (Å²) in [4.78, 5) is 18.5. The lowest BCUT2D eigenvalue weighted by atomic mass is 9.62. The lowest BCUT2D eigenvalue weighted by molar-refractivity contribution is -0.170. The fourth-order valence-corrected chi connectivity index (χ4v) is 6.26. The summed E-state index contributed by atoms with van der Waals surface area (Å²) in [5, 5.41) is 0. The first-order valence-corrected chi connectivity index (χ1v) is 10.6. The number of pyridine rings is 1. The normalized spacial score (nSPS) is 36.7. The van der Waals surface area contributed by atoms with Crippen LogP contribution in [0.1, 0.15) is 61.5 Å². The van der Waals surface area contributed by atoms with Gasteiger partial charge in [-0.25, -0.2) is 0 Å². The first kappa shape index (κ1) is 18.9. The molecular formula is C22H33N3O2. The third kappa shape index (κ3) is 3.40. The number of methoxy groups -OCH3 is 1. The summed E-state index contributed by atoms with van der Waals surface area (Å²) in [6, 6.07) is 3.89. The first-order chi connectivity index (χ1) is 13.0. The second-order valence-corrected chi connectivity index (χ2v) is 9.12. The maximum Gasteiger partial charge on any atom is 0.267 e. The van der Waals surface area contributed by atoms with E-state index in [1.807, 2.05) is 19.2 Å². The van der Waals surface area contributed by atoms with E-state index in [1.54, 1.807) is 6.20 Å². The molecular weight excluding hydrogens is 338 g/mol. The molecule has 1 aliphatic heterocycles. The monoisotopic (exact) mass is 371 g/mol. The minimum atomic E-state index is -0.471. The molecule has 0 aromatic carbocycles. The molecule has 3 fully saturated rings. The Labute approximate surface area is 162 Å². The molecule has 148 valence electrons. The van der Waals surface area contributed by atoms with Gasteiger partial charge in [0.1, 0.15) is 11.3 Å². The van der Waals surface area contributed by atoms with Gasteiger partial charge in [-0.3, -0.25) is 9.78 Å². The van der Waals surface area contributed by atoms with Crippen molar-refractivity contribution in [2.75, 3.05) is 26.7 Å². The molecule has 2 N–H and O–H groups in total. The molecule has 5 heteroatoms. The Bertz CT molecular complexity index is 678. The SMILES string of the molecule is COC1(c2ccnc(C(N)=O)c2)C2CCCC1CN(CC1CC[C@@H](C)C1)C2. The summed E-state index contributed by atoms with van der Waals surface area (Å²) < 4.78 is 6.30. The number of likely N-dealkylation sites (tertiary alicyclic amines) is 1. The van der Waals surface area contributed by atoms with Crippen LogP contribution in [0.5, 0.6) is 0 Å². The van der Waals surface area contributed by atoms with Crippen molar-refractivity contribution in [1.82, 2.24) is 9.88 Å². The molecule has 2 aliphatic carbocycles. The molecule has 4 atom stereocenters. The van der Waals surface area contributed by atoms with Crippen molar-refractivity contribution >= 4 is 5.91 Å². The Kier molecular flexibility index (Phi) is 5.26. The van der Waals surface area contributed by atoms with E-state index >= 15 is 0 Å². The quantitative estimate of drug-likeness (QED) is 0.863. The van der Waals surface area contributed by atoms with E-state index in [4.69, 9.17) is 10.5 Å². The molecule has 0 radical (unpaired) electrons. The van der Waals surface area contributed by atoms with Crippen LogP contribution in [0.15, 0.2) is 18.3 Å². The zero-order valence-electron chi connectivity index (χ0n) is 16.7. The van der Waals surface area contributed by atoms with Gasteiger partial charge in [0.05, 0.1) is 0 Å². The summed E-state index contributed by atoms with van der Waals surface area (Å²) >= 11 is 0. The first-order valence-electron chi connectivity index (χ1n) is 10.6. The number of amides is 1. The fraction of sp³-hybridized carbons (Fsp3) is 0.727. The second-order valence-electron chi connectivity index (χ2n) is 9.12. The Morgan fingerprint density at radius 2 is 2.04 bits per heavy atom. The standard InChI is InChI=1S/C22H33N3O2/c1-15-6-7-16(10-15)12-25-13-18-4-3-5-19(14-25)22(18,27-2)17-8-9-24-20(11-17)21(23)26/h8-9,11,15-16,18-19H,3-7,10,12-14H2,1-2H3,(H2,23,26)/t15-,16?,18?,19?,22?/m1/s1. The van der Waals surface area contributed by atoms with Crippen LogP contribution < -0.4 is 5.73 Å². The van der Waals surface area contributed by atoms with Gasteiger partial charge in [-0.2, -0.15) is 0 Å². The molecule has 0 spiro atoms. The maximum atomic E-state index is 11.7. The lowest BCUT2D eigenvalue weighted by Gasteiger charge is -2.55. The summed E-state index contributed by atoms with van der Waals surface area (Å²) in [6.45, 7) is 5.80. The van der Waals surface area contributed by atoms with E-state index in [0.29, 0.717) is 17.5 Å². The lowest BCUT2D eigenvalue weighted by Crippen LogP contribution is -2.59. The van der Waals surface area contributed by atoms with Crippen LogP contribution in [-0.4, -0.2) is 42.5 Å². The summed E-state index contributed by atoms with van der Waals surface area (Å²) in [5.41, 5.74) is 6.59. The Balaban J connectivity index is 1.59. The topological polar surface area (TPSA) is 68.5 Å². The van der Waals surface area contributed by atoms with Gasteiger partial charge in [-0.1, -0.05) is 19.8 Å². The van der Waals surface area contributed by atoms with Gasteiger partial charge in [0, 0.05) is 44.8 Å². The molecule has 1 aromatic heterocycles. The predicted molar refractivity (Wildman–Crippen MR) is 105 cm³/mol. The number of rotatable bonds is 5. The molecule has 2 heterocycles. The van der Waals surface area contributed by atoms with Crippen molar-refractivity contribution in [3.63, 3.8) is 0 Å². The average molecular weight is 372 g/mol. The van der Waals surface area contributed by atoms with Crippen molar-refractivity contribution in [1.29, 1.82) is 0 Å². The molecule has 1 saturated heterocycles. The number of nitrogens with zero attached hydrogens (tertiary/aromatic N) is 2. The summed E-state index contributed by atoms with van der Waals surface area (Å²) in [7, 11) is 1.84. The molecule has 3 unspecified atom stereocenters. The number of aromatic nitrogens is 1. The van der Waals surface area contributed by atoms with Gasteiger partial charge in [0.2, 0.25) is 0 Å². The Hall–Kier alpha value is -1.46. The number of primary amides is 1. The number of nitrogens with two attached hydrogens (primary N) is 1. The minimum Gasteiger partial charge on any atom is -0.373 e. The van der Waals surface area contributed by atoms with E-state index in [1.165, 1.54) is 45.1 Å². The maximum absolute atomic E-state index is 11.7. The number of hydrogen-bond donors (Lipinski definition) is 1. The third-order valence-electron chi connectivity index (χ3n) is 7.40. The van der Waals surface area contributed by atoms with Gasteiger partial charge in [0.25, 0.3) is 5.91 Å². The van der Waals surface area contributed by atoms with Crippen LogP contribution in [0.4, 0.5) is 0 Å². The number of hydrogen-bond acceptors (Lipinski definition) is 4. The highest BCUT2D eigenvalue weighted by atomic mass is 16.5. The van der Waals surface area contributed by atoms with Gasteiger partial charge < -0.3 is 15.4 Å². The van der Waals surface area contributed by atoms with Crippen molar-refractivity contribution < 1.29 is 9.53 Å². The van der Waals surface area contributed by atoms with E-state index in [-0.39, 0.29) is 5.60 Å². The number of piperidine rings is 1. The van der Waals surface area contributed by atoms with Crippen LogP contribution in [0.2, 0.25) is 0 Å². The van der Waals surface area contributed by atoms with Crippen LogP contribution in [-0.2, 0) is 10.3 Å². The predicted octanol–water partition coefficient (Wildman–Crippen LogP) is 3.19. The van der Waals surface area contributed by atoms with Gasteiger partial charge in [0.15, 0.2) is 0 Å². The highest BCUT2D eigenvalue weighted by Crippen LogP contribution is 2.51. The third-order valence-corrected chi connectivity index (χ3v) is 7.40. The molecule has 3 aliphatic rings. The molecule has 2 bridgehead atoms. The summed E-state index contributed by atoms with van der Waals surface area (Å²) in [5.74, 6) is 2.19. The number of carbonyl (C=O) groups is 1. The number of ether oxygens (including phenoxy) is 1. The van der Waals surface area contributed by atoms with Gasteiger partial charge in [-0.05, 0) is 55.2 Å². The highest BCUT2D eigenvalue weighted by Gasteiger charge is 2.53. The van der Waals surface area contributed by atoms with Crippen LogP contribution >= 0.6 is 0 Å². The van der Waals surface area contributed by atoms with E-state index in [0.717, 1.165) is 30.5 Å². The molecule has 5 nitrogen and oxygen atoms in total. The van der Waals surface area contributed by atoms with E-state index in [2.05, 4.69) is 16.8 Å². The van der Waals surface area contributed by atoms with Crippen LogP contribution in [0.25, 0.3) is 0 Å². The molecule has 1 aromatic rings. The molecule has 4 rings (SSSR count). The van der Waals surface area contributed by atoms with E-state index in [9.17, 15) is 4.79 Å². The second kappa shape index (κ2) is 7.51. The Morgan fingerprint density at radius 3 is 2.63 bits per heavy atom. The van der Waals surface area contributed by atoms with Gasteiger partial charge in [-0.15, -0.1) is 0 Å². The average Bonchev–Trinajstić information content (AvgIpc) is 3.06. The van der Waals surface area contributed by atoms with E-state index < -0.39 is 5.91 Å². The molecule has 2 saturated carbocycles. The highest BCUT2D eigenvalue weighted by molar-refractivity contribution is 5.90. The number of carbonyl (C=O) groups excluding carboxylic acids is 1. The molecule has 1 amide bonds. The zero-order valence-corrected chi connectivity index (χ0v) is 16.7. The van der Waals surface area contributed by atoms with Crippen LogP contribution in [0, 0.1) is 23.7 Å². The van der Waals surface area contributed by atoms with Crippen LogP contribution in [0.3, 0.4) is 0 Å². The van der Waals surface area contributed by atoms with Crippen molar-refractivity contribution in [3.8, 4) is 0 Å². The van der Waals surface area contributed by atoms with Gasteiger partial charge >= 0.3 is 0 Å². The van der Waals surface area contributed by atoms with Crippen molar-refractivity contribution in [2.24, 2.45) is 29.4 Å². The van der Waals surface area contributed by atoms with Crippen molar-refractivity contribution in [2.45, 2.75) is 51.0 Å². The molecule has 27 heavy (non-hydrogen) atoms. The minimum absolute atomic E-state index is 0.315. The fourth-order valence-electron chi connectivity index (χ4n) is 6.26. The largest absolute Gasteiger partial charge is 0.373 e. The summed E-state index contributed by atoms with van der Waals surface area (Å²) in [6.07, 6.45) is 9.48. The Morgan fingerprint density at radius 1 is 1.30 bits per heavy atom. The smallest absolute Gasteiger partial charge is 0.267 e. The zero-order chi connectivity index (χ0) is 19.0.